The van der Waals surface area contributed by atoms with Gasteiger partial charge in [-0.1, -0.05) is 29.9 Å². The minimum absolute atomic E-state index is 0. The smallest absolute Gasteiger partial charge is 0.358 e. The summed E-state index contributed by atoms with van der Waals surface area (Å²) in [5, 5.41) is 4.06. The molecule has 249 valence electrons. The van der Waals surface area contributed by atoms with Crippen LogP contribution in [0.25, 0.3) is 10.4 Å². The van der Waals surface area contributed by atoms with Gasteiger partial charge in [-0.3, -0.25) is 37.7 Å². The zero-order valence-electron chi connectivity index (χ0n) is 26.5. The molecule has 47 heavy (non-hydrogen) atoms. The van der Waals surface area contributed by atoms with Crippen LogP contribution in [-0.4, -0.2) is 85.5 Å². The number of azide groups is 1. The second-order valence-electron chi connectivity index (χ2n) is 10.5. The standard InChI is InChI=1S/C27H34N7O10PS.Na/c1-5-19-24(36)30-27(38)34(25(19)46-18-9-15(2)8-16(3)10-18)14-41-6-7-42-45(39,40)43-13-21-20(31-32-28)11-22(44-21)33-12-17(4)23(35)29-26(33)37;/h8-10,12,20-22H,5-7,11,13-14H2,1-4H3,(H,39,40)(H,29,35,37)(H,30,36,38);/t20-,21+,22+;/m0./s1. The van der Waals surface area contributed by atoms with E-state index < -0.39 is 61.9 Å². The van der Waals surface area contributed by atoms with E-state index in [1.54, 1.807) is 6.92 Å². The average Bonchev–Trinajstić information content (AvgIpc) is 3.37. The van der Waals surface area contributed by atoms with Crippen molar-refractivity contribution in [1.82, 2.24) is 19.1 Å². The van der Waals surface area contributed by atoms with Crippen LogP contribution in [0, 0.1) is 20.8 Å². The SMILES string of the molecule is CCc1c(Sc2cc(C)cc(C)c2)n(COCCOP(=O)(O)OC[C@H]2O[C@@H](n3cc(C)c(=O)[nH]c3=O)C[C@@H]2N=[N+]=[N-])c(=O)[nH]c1=O.[Na]. The van der Waals surface area contributed by atoms with E-state index in [0.717, 1.165) is 20.6 Å². The topological polar surface area (TPSA) is 233 Å². The Morgan fingerprint density at radius 3 is 2.43 bits per heavy atom. The first kappa shape index (κ1) is 38.7. The van der Waals surface area contributed by atoms with E-state index in [4.69, 9.17) is 24.1 Å². The number of benzene rings is 1. The first-order valence-electron chi connectivity index (χ1n) is 14.1. The molecule has 2 aromatic heterocycles. The maximum absolute atomic E-state index is 12.7. The molecule has 4 rings (SSSR count). The Hall–Kier alpha value is -2.73. The number of aromatic nitrogens is 4. The van der Waals surface area contributed by atoms with E-state index in [2.05, 4.69) is 20.0 Å². The molecule has 0 saturated carbocycles. The molecule has 1 saturated heterocycles. The van der Waals surface area contributed by atoms with Crippen molar-refractivity contribution < 1.29 is 28.0 Å². The first-order valence-corrected chi connectivity index (χ1v) is 16.5. The summed E-state index contributed by atoms with van der Waals surface area (Å²) in [6.07, 6.45) is -0.223. The Morgan fingerprint density at radius 2 is 1.77 bits per heavy atom. The third kappa shape index (κ3) is 10.1. The van der Waals surface area contributed by atoms with Gasteiger partial charge in [0.15, 0.2) is 0 Å². The van der Waals surface area contributed by atoms with Crippen LogP contribution in [0.1, 0.15) is 41.8 Å². The van der Waals surface area contributed by atoms with Gasteiger partial charge in [-0.25, -0.2) is 14.2 Å². The van der Waals surface area contributed by atoms with Crippen molar-refractivity contribution in [2.75, 3.05) is 19.8 Å². The molecule has 1 unspecified atom stereocenters. The van der Waals surface area contributed by atoms with Crippen LogP contribution in [0.4, 0.5) is 0 Å². The van der Waals surface area contributed by atoms with E-state index >= 15 is 0 Å². The van der Waals surface area contributed by atoms with Crippen molar-refractivity contribution >= 4 is 49.1 Å². The average molecular weight is 703 g/mol. The summed E-state index contributed by atoms with van der Waals surface area (Å²) < 4.78 is 36.3. The van der Waals surface area contributed by atoms with Crippen LogP contribution in [0.5, 0.6) is 0 Å². The monoisotopic (exact) mass is 702 g/mol. The molecule has 1 aromatic carbocycles. The number of hydrogen-bond donors (Lipinski definition) is 3. The molecule has 1 aliphatic heterocycles. The van der Waals surface area contributed by atoms with Gasteiger partial charge in [0, 0.05) is 63.1 Å². The summed E-state index contributed by atoms with van der Waals surface area (Å²) in [7, 11) is -4.64. The summed E-state index contributed by atoms with van der Waals surface area (Å²) in [6, 6.07) is 5.04. The second-order valence-corrected chi connectivity index (χ2v) is 13.0. The fraction of sp³-hybridized carbons (Fsp3) is 0.481. The molecule has 4 atom stereocenters. The molecule has 3 aromatic rings. The molecule has 1 radical (unpaired) electrons. The summed E-state index contributed by atoms with van der Waals surface area (Å²) in [6.45, 7) is 5.80. The number of phosphoric acid groups is 1. The number of aromatic amines is 2. The number of ether oxygens (including phenoxy) is 2. The van der Waals surface area contributed by atoms with Crippen molar-refractivity contribution in [3.05, 3.63) is 98.8 Å². The Labute approximate surface area is 294 Å². The second kappa shape index (κ2) is 17.1. The van der Waals surface area contributed by atoms with Crippen LogP contribution < -0.4 is 22.5 Å². The number of hydrogen-bond acceptors (Lipinski definition) is 11. The minimum atomic E-state index is -4.64. The van der Waals surface area contributed by atoms with Gasteiger partial charge in [0.25, 0.3) is 11.1 Å². The molecule has 20 heteroatoms. The number of rotatable bonds is 14. The summed E-state index contributed by atoms with van der Waals surface area (Å²) in [5.41, 5.74) is 9.22. The third-order valence-corrected chi connectivity index (χ3v) is 9.09. The van der Waals surface area contributed by atoms with E-state index in [1.807, 2.05) is 32.0 Å². The fourth-order valence-corrected chi connectivity index (χ4v) is 6.87. The van der Waals surface area contributed by atoms with Gasteiger partial charge in [0.2, 0.25) is 0 Å². The van der Waals surface area contributed by atoms with Crippen LogP contribution in [0.3, 0.4) is 0 Å². The number of nitrogens with one attached hydrogen (secondary N) is 2. The van der Waals surface area contributed by atoms with Crippen molar-refractivity contribution in [3.8, 4) is 0 Å². The molecule has 3 heterocycles. The van der Waals surface area contributed by atoms with Gasteiger partial charge < -0.3 is 14.4 Å². The number of nitrogens with zero attached hydrogens (tertiary/aromatic N) is 5. The van der Waals surface area contributed by atoms with Crippen LogP contribution in [0.15, 0.2) is 58.6 Å². The van der Waals surface area contributed by atoms with Crippen LogP contribution in [-0.2, 0) is 36.2 Å². The zero-order valence-corrected chi connectivity index (χ0v) is 30.2. The van der Waals surface area contributed by atoms with Gasteiger partial charge in [-0.05, 0) is 56.0 Å². The maximum Gasteiger partial charge on any atom is 0.472 e. The van der Waals surface area contributed by atoms with Gasteiger partial charge >= 0.3 is 19.2 Å². The fourth-order valence-electron chi connectivity index (χ4n) is 4.84. The van der Waals surface area contributed by atoms with Gasteiger partial charge in [0.1, 0.15) is 13.0 Å². The molecule has 0 amide bonds. The van der Waals surface area contributed by atoms with Crippen molar-refractivity contribution in [2.24, 2.45) is 5.11 Å². The Balaban J connectivity index is 0.00000600. The number of phosphoric ester groups is 1. The molecule has 17 nitrogen and oxygen atoms in total. The maximum atomic E-state index is 12.7. The summed E-state index contributed by atoms with van der Waals surface area (Å²) in [5.74, 6) is 0. The molecule has 0 aliphatic carbocycles. The predicted octanol–water partition coefficient (Wildman–Crippen LogP) is 2.42. The van der Waals surface area contributed by atoms with Gasteiger partial charge in [-0.15, -0.1) is 0 Å². The molecule has 1 aliphatic rings. The van der Waals surface area contributed by atoms with E-state index in [-0.39, 0.29) is 54.9 Å². The molecular weight excluding hydrogens is 668 g/mol. The Kier molecular flexibility index (Phi) is 14.1. The van der Waals surface area contributed by atoms with Gasteiger partial charge in [0.05, 0.1) is 37.0 Å². The summed E-state index contributed by atoms with van der Waals surface area (Å²) in [4.78, 5) is 67.5. The van der Waals surface area contributed by atoms with E-state index in [9.17, 15) is 28.6 Å². The quantitative estimate of drug-likeness (QED) is 0.0420. The van der Waals surface area contributed by atoms with Crippen molar-refractivity contribution in [1.29, 1.82) is 0 Å². The Bertz CT molecular complexity index is 1900. The third-order valence-electron chi connectivity index (χ3n) is 6.97. The molecule has 0 spiro atoms. The molecule has 3 N–H and O–H groups in total. The van der Waals surface area contributed by atoms with E-state index in [0.29, 0.717) is 17.0 Å². The molecular formula is C27H34N7NaO10PS. The van der Waals surface area contributed by atoms with Crippen LogP contribution >= 0.6 is 19.6 Å². The number of aryl methyl sites for hydroxylation is 3. The predicted molar refractivity (Wildman–Crippen MR) is 172 cm³/mol. The molecule has 1 fully saturated rings. The molecule has 0 bridgehead atoms. The largest absolute Gasteiger partial charge is 0.472 e. The normalized spacial score (nSPS) is 18.7. The van der Waals surface area contributed by atoms with E-state index in [1.165, 1.54) is 29.4 Å². The van der Waals surface area contributed by atoms with Crippen molar-refractivity contribution in [3.63, 3.8) is 0 Å². The zero-order chi connectivity index (χ0) is 33.6. The van der Waals surface area contributed by atoms with Gasteiger partial charge in [-0.2, -0.15) is 0 Å². The first-order chi connectivity index (χ1) is 21.8. The minimum Gasteiger partial charge on any atom is -0.358 e. The Morgan fingerprint density at radius 1 is 1.09 bits per heavy atom. The van der Waals surface area contributed by atoms with Crippen molar-refractivity contribution in [2.45, 2.75) is 75.6 Å². The number of H-pyrrole nitrogens is 2. The van der Waals surface area contributed by atoms with Crippen LogP contribution in [0.2, 0.25) is 0 Å². The summed E-state index contributed by atoms with van der Waals surface area (Å²) >= 11 is 1.26.